The Kier molecular flexibility index (Phi) is 4.19. The van der Waals surface area contributed by atoms with Gasteiger partial charge in [-0.2, -0.15) is 5.26 Å². The number of carbonyl (C=O) groups excluding carboxylic acids is 1. The third kappa shape index (κ3) is 3.18. The third-order valence-corrected chi connectivity index (χ3v) is 3.00. The number of carbonyl (C=O) groups is 1. The Balaban J connectivity index is 2.27. The maximum atomic E-state index is 13.2. The van der Waals surface area contributed by atoms with Crippen molar-refractivity contribution in [2.24, 2.45) is 0 Å². The molecule has 1 amide bonds. The number of hydrogen-bond acceptors (Lipinski definition) is 3. The van der Waals surface area contributed by atoms with Gasteiger partial charge in [-0.3, -0.25) is 4.79 Å². The number of ether oxygens (including phenoxy) is 1. The first-order valence-electron chi connectivity index (χ1n) is 6.21. The lowest BCUT2D eigenvalue weighted by atomic mass is 10.1. The van der Waals surface area contributed by atoms with Crippen molar-refractivity contribution in [1.82, 2.24) is 0 Å². The summed E-state index contributed by atoms with van der Waals surface area (Å²) in [5.74, 6) is -0.343. The second-order valence-electron chi connectivity index (χ2n) is 4.44. The molecule has 0 aromatic heterocycles. The number of amides is 1. The monoisotopic (exact) mass is 284 g/mol. The summed E-state index contributed by atoms with van der Waals surface area (Å²) in [5.41, 5.74) is 1.63. The first kappa shape index (κ1) is 14.5. The smallest absolute Gasteiger partial charge is 0.255 e. The lowest BCUT2D eigenvalue weighted by Crippen LogP contribution is -2.13. The van der Waals surface area contributed by atoms with Crippen molar-refractivity contribution < 1.29 is 13.9 Å². The fourth-order valence-corrected chi connectivity index (χ4v) is 1.84. The van der Waals surface area contributed by atoms with Crippen LogP contribution in [0.1, 0.15) is 21.5 Å². The molecule has 2 rings (SSSR count). The van der Waals surface area contributed by atoms with Gasteiger partial charge in [-0.05, 0) is 42.8 Å². The third-order valence-electron chi connectivity index (χ3n) is 3.00. The molecule has 4 nitrogen and oxygen atoms in total. The maximum absolute atomic E-state index is 13.2. The Labute approximate surface area is 121 Å². The van der Waals surface area contributed by atoms with Gasteiger partial charge in [0.15, 0.2) is 0 Å². The number of hydrogen-bond donors (Lipinski definition) is 1. The molecule has 0 aliphatic rings. The Hall–Kier alpha value is -2.87. The molecule has 0 aliphatic carbocycles. The van der Waals surface area contributed by atoms with E-state index in [9.17, 15) is 9.18 Å². The fraction of sp³-hybridized carbons (Fsp3) is 0.125. The van der Waals surface area contributed by atoms with Crippen molar-refractivity contribution in [2.75, 3.05) is 12.4 Å². The minimum absolute atomic E-state index is 0.348. The zero-order chi connectivity index (χ0) is 15.4. The summed E-state index contributed by atoms with van der Waals surface area (Å²) in [7, 11) is 1.45. The van der Waals surface area contributed by atoms with Crippen molar-refractivity contribution in [1.29, 1.82) is 5.26 Å². The van der Waals surface area contributed by atoms with Gasteiger partial charge in [0.25, 0.3) is 5.91 Å². The van der Waals surface area contributed by atoms with Crippen LogP contribution in [0.2, 0.25) is 0 Å². The van der Waals surface area contributed by atoms with Crippen LogP contribution in [-0.2, 0) is 0 Å². The highest BCUT2D eigenvalue weighted by atomic mass is 19.1. The molecule has 106 valence electrons. The highest BCUT2D eigenvalue weighted by molar-refractivity contribution is 6.05. The molecule has 0 aliphatic heterocycles. The van der Waals surface area contributed by atoms with E-state index < -0.39 is 0 Å². The van der Waals surface area contributed by atoms with E-state index in [1.54, 1.807) is 19.1 Å². The molecule has 0 atom stereocenters. The molecule has 1 N–H and O–H groups in total. The molecule has 21 heavy (non-hydrogen) atoms. The predicted octanol–water partition coefficient (Wildman–Crippen LogP) is 3.27. The number of nitrogens with one attached hydrogen (secondary N) is 1. The highest BCUT2D eigenvalue weighted by Crippen LogP contribution is 2.26. The van der Waals surface area contributed by atoms with Crippen LogP contribution >= 0.6 is 0 Å². The first-order chi connectivity index (χ1) is 10.0. The van der Waals surface area contributed by atoms with E-state index in [1.807, 2.05) is 6.07 Å². The van der Waals surface area contributed by atoms with Crippen LogP contribution in [0.3, 0.4) is 0 Å². The summed E-state index contributed by atoms with van der Waals surface area (Å²) in [6, 6.07) is 10.8. The predicted molar refractivity (Wildman–Crippen MR) is 76.8 cm³/mol. The van der Waals surface area contributed by atoms with Crippen LogP contribution < -0.4 is 10.1 Å². The van der Waals surface area contributed by atoms with E-state index in [-0.39, 0.29) is 11.7 Å². The molecular weight excluding hydrogens is 271 g/mol. The molecule has 0 spiro atoms. The summed E-state index contributed by atoms with van der Waals surface area (Å²) < 4.78 is 18.4. The molecule has 0 bridgehead atoms. The minimum Gasteiger partial charge on any atom is -0.495 e. The van der Waals surface area contributed by atoms with E-state index in [4.69, 9.17) is 10.00 Å². The Morgan fingerprint density at radius 1 is 1.29 bits per heavy atom. The first-order valence-corrected chi connectivity index (χ1v) is 6.21. The largest absolute Gasteiger partial charge is 0.495 e. The topological polar surface area (TPSA) is 62.1 Å². The molecule has 0 radical (unpaired) electrons. The number of nitriles is 1. The summed E-state index contributed by atoms with van der Waals surface area (Å²) in [6.45, 7) is 1.59. The van der Waals surface area contributed by atoms with E-state index in [0.29, 0.717) is 28.1 Å². The maximum Gasteiger partial charge on any atom is 0.255 e. The van der Waals surface area contributed by atoms with Crippen molar-refractivity contribution in [3.05, 3.63) is 58.9 Å². The van der Waals surface area contributed by atoms with Crippen LogP contribution in [-0.4, -0.2) is 13.0 Å². The summed E-state index contributed by atoms with van der Waals surface area (Å²) in [6.07, 6.45) is 0. The van der Waals surface area contributed by atoms with Gasteiger partial charge in [-0.1, -0.05) is 0 Å². The van der Waals surface area contributed by atoms with Crippen LogP contribution in [0.15, 0.2) is 36.4 Å². The average Bonchev–Trinajstić information content (AvgIpc) is 2.50. The van der Waals surface area contributed by atoms with Crippen LogP contribution in [0.4, 0.5) is 10.1 Å². The normalized spacial score (nSPS) is 9.81. The molecule has 2 aromatic carbocycles. The average molecular weight is 284 g/mol. The van der Waals surface area contributed by atoms with Gasteiger partial charge < -0.3 is 10.1 Å². The van der Waals surface area contributed by atoms with E-state index in [2.05, 4.69) is 5.32 Å². The van der Waals surface area contributed by atoms with Crippen molar-refractivity contribution >= 4 is 11.6 Å². The van der Waals surface area contributed by atoms with Gasteiger partial charge in [-0.25, -0.2) is 4.39 Å². The number of rotatable bonds is 3. The molecule has 0 heterocycles. The van der Waals surface area contributed by atoms with Crippen LogP contribution in [0.25, 0.3) is 0 Å². The molecule has 0 saturated carbocycles. The lowest BCUT2D eigenvalue weighted by molar-refractivity contribution is 0.102. The molecule has 5 heteroatoms. The summed E-state index contributed by atoms with van der Waals surface area (Å²) in [4.78, 5) is 12.1. The lowest BCUT2D eigenvalue weighted by Gasteiger charge is -2.11. The second-order valence-corrected chi connectivity index (χ2v) is 4.44. The van der Waals surface area contributed by atoms with Crippen molar-refractivity contribution in [2.45, 2.75) is 6.92 Å². The number of anilines is 1. The second kappa shape index (κ2) is 6.06. The number of methoxy groups -OCH3 is 1. The van der Waals surface area contributed by atoms with Crippen molar-refractivity contribution in [3.63, 3.8) is 0 Å². The minimum atomic E-state index is -0.374. The van der Waals surface area contributed by atoms with Gasteiger partial charge in [0, 0.05) is 11.6 Å². The van der Waals surface area contributed by atoms with Crippen LogP contribution in [0, 0.1) is 24.1 Å². The van der Waals surface area contributed by atoms with Gasteiger partial charge in [0.05, 0.1) is 24.4 Å². The van der Waals surface area contributed by atoms with Gasteiger partial charge in [0.1, 0.15) is 11.6 Å². The molecular formula is C16H13FN2O2. The standard InChI is InChI=1S/C16H13FN2O2/c1-10-7-12(4-5-13(10)17)16(20)19-14-6-3-11(9-18)8-15(14)21-2/h3-8H,1-2H3,(H,19,20). The molecule has 2 aromatic rings. The number of halogens is 1. The molecule has 0 unspecified atom stereocenters. The van der Waals surface area contributed by atoms with E-state index in [0.717, 1.165) is 0 Å². The van der Waals surface area contributed by atoms with E-state index in [1.165, 1.54) is 31.4 Å². The number of aryl methyl sites for hydroxylation is 1. The number of benzene rings is 2. The Morgan fingerprint density at radius 2 is 2.05 bits per heavy atom. The SMILES string of the molecule is COc1cc(C#N)ccc1NC(=O)c1ccc(F)c(C)c1. The zero-order valence-corrected chi connectivity index (χ0v) is 11.6. The Morgan fingerprint density at radius 3 is 2.67 bits per heavy atom. The summed E-state index contributed by atoms with van der Waals surface area (Å²) >= 11 is 0. The van der Waals surface area contributed by atoms with Gasteiger partial charge in [0.2, 0.25) is 0 Å². The fourth-order valence-electron chi connectivity index (χ4n) is 1.84. The van der Waals surface area contributed by atoms with E-state index >= 15 is 0 Å². The van der Waals surface area contributed by atoms with Crippen LogP contribution in [0.5, 0.6) is 5.75 Å². The highest BCUT2D eigenvalue weighted by Gasteiger charge is 2.11. The summed E-state index contributed by atoms with van der Waals surface area (Å²) in [5, 5.41) is 11.5. The van der Waals surface area contributed by atoms with Crippen molar-refractivity contribution in [3.8, 4) is 11.8 Å². The quantitative estimate of drug-likeness (QED) is 0.941. The molecule has 0 fully saturated rings. The molecule has 0 saturated heterocycles. The zero-order valence-electron chi connectivity index (χ0n) is 11.6. The van der Waals surface area contributed by atoms with Gasteiger partial charge in [-0.15, -0.1) is 0 Å². The van der Waals surface area contributed by atoms with Gasteiger partial charge >= 0.3 is 0 Å². The number of nitrogens with zero attached hydrogens (tertiary/aromatic N) is 1. The Bertz CT molecular complexity index is 736.